The predicted octanol–water partition coefficient (Wildman–Crippen LogP) is -1.92. The van der Waals surface area contributed by atoms with E-state index in [2.05, 4.69) is 38.5 Å². The lowest BCUT2D eigenvalue weighted by molar-refractivity contribution is -0.142. The van der Waals surface area contributed by atoms with Crippen molar-refractivity contribution in [2.45, 2.75) is 50.0 Å². The van der Waals surface area contributed by atoms with Gasteiger partial charge in [-0.25, -0.2) is 9.78 Å². The smallest absolute Gasteiger partial charge is 0.327 e. The molecule has 0 saturated heterocycles. The molecule has 2 aromatic rings. The Hall–Kier alpha value is -3.62. The number of aliphatic carboxylic acids is 1. The van der Waals surface area contributed by atoms with E-state index in [-0.39, 0.29) is 24.3 Å². The van der Waals surface area contributed by atoms with Crippen molar-refractivity contribution in [1.29, 1.82) is 0 Å². The molecule has 1 aromatic carbocycles. The summed E-state index contributed by atoms with van der Waals surface area (Å²) in [5.41, 5.74) is 7.16. The van der Waals surface area contributed by atoms with Gasteiger partial charge in [-0.15, -0.1) is 0 Å². The molecule has 0 spiro atoms. The van der Waals surface area contributed by atoms with Gasteiger partial charge < -0.3 is 42.0 Å². The number of carbonyl (C=O) groups excluding carboxylic acids is 3. The second kappa shape index (κ2) is 13.5. The van der Waals surface area contributed by atoms with Gasteiger partial charge in [0.05, 0.1) is 18.5 Å². The molecule has 5 atom stereocenters. The van der Waals surface area contributed by atoms with Crippen molar-refractivity contribution >= 4 is 36.3 Å². The number of carboxylic acids is 1. The van der Waals surface area contributed by atoms with E-state index in [0.717, 1.165) is 0 Å². The largest absolute Gasteiger partial charge is 0.508 e. The maximum absolute atomic E-state index is 13.1. The third-order valence-electron chi connectivity index (χ3n) is 5.20. The number of benzene rings is 1. The van der Waals surface area contributed by atoms with Gasteiger partial charge in [0.25, 0.3) is 0 Å². The number of aliphatic hydroxyl groups excluding tert-OH is 1. The van der Waals surface area contributed by atoms with Gasteiger partial charge in [-0.1, -0.05) is 12.1 Å². The molecule has 3 amide bonds. The Morgan fingerprint density at radius 3 is 2.19 bits per heavy atom. The van der Waals surface area contributed by atoms with Gasteiger partial charge >= 0.3 is 5.97 Å². The molecule has 0 aliphatic heterocycles. The number of hydrogen-bond donors (Lipinski definition) is 9. The van der Waals surface area contributed by atoms with Crippen LogP contribution in [0.1, 0.15) is 18.2 Å². The summed E-state index contributed by atoms with van der Waals surface area (Å²) in [6, 6.07) is 0.818. The average molecular weight is 523 g/mol. The predicted molar refractivity (Wildman–Crippen MR) is 131 cm³/mol. The number of aliphatic hydroxyl groups is 1. The summed E-state index contributed by atoms with van der Waals surface area (Å²) >= 11 is 3.87. The summed E-state index contributed by atoms with van der Waals surface area (Å²) in [5.74, 6) is -3.95. The van der Waals surface area contributed by atoms with Crippen molar-refractivity contribution in [1.82, 2.24) is 25.9 Å². The number of carbonyl (C=O) groups is 4. The third kappa shape index (κ3) is 8.55. The van der Waals surface area contributed by atoms with Crippen molar-refractivity contribution in [2.24, 2.45) is 5.73 Å². The molecule has 0 fully saturated rings. The minimum Gasteiger partial charge on any atom is -0.508 e. The topological polar surface area (TPSA) is 220 Å². The summed E-state index contributed by atoms with van der Waals surface area (Å²) < 4.78 is 0. The van der Waals surface area contributed by atoms with Crippen LogP contribution in [0.25, 0.3) is 0 Å². The molecule has 0 aliphatic rings. The Bertz CT molecular complexity index is 1030. The second-order valence-electron chi connectivity index (χ2n) is 8.13. The summed E-state index contributed by atoms with van der Waals surface area (Å²) in [6.07, 6.45) is 1.64. The van der Waals surface area contributed by atoms with E-state index in [4.69, 9.17) is 10.8 Å². The fraction of sp³-hybridized carbons (Fsp3) is 0.409. The van der Waals surface area contributed by atoms with E-state index < -0.39 is 54.0 Å². The fourth-order valence-corrected chi connectivity index (χ4v) is 3.44. The number of amides is 3. The number of aromatic nitrogens is 2. The van der Waals surface area contributed by atoms with Crippen LogP contribution in [-0.4, -0.2) is 85.0 Å². The number of aromatic amines is 1. The lowest BCUT2D eigenvalue weighted by atomic mass is 10.0. The number of thiol groups is 1. The molecule has 14 heteroatoms. The molecule has 13 nitrogen and oxygen atoms in total. The Balaban J connectivity index is 2.19. The Labute approximate surface area is 212 Å². The molecule has 9 N–H and O–H groups in total. The molecule has 5 unspecified atom stereocenters. The van der Waals surface area contributed by atoms with Crippen LogP contribution in [0.4, 0.5) is 0 Å². The van der Waals surface area contributed by atoms with Crippen molar-refractivity contribution in [3.05, 3.63) is 48.0 Å². The van der Waals surface area contributed by atoms with Crippen molar-refractivity contribution in [2.75, 3.05) is 5.75 Å². The SMILES string of the molecule is CC(O)C(NC(=O)C(Cc1ccc(O)cc1)NC(=O)C(N)Cc1cnc[nH]1)C(=O)NC(CS)C(=O)O. The minimum absolute atomic E-state index is 0.00776. The van der Waals surface area contributed by atoms with E-state index in [1.54, 1.807) is 12.1 Å². The highest BCUT2D eigenvalue weighted by Crippen LogP contribution is 2.12. The van der Waals surface area contributed by atoms with Crippen molar-refractivity contribution < 1.29 is 34.5 Å². The Morgan fingerprint density at radius 2 is 1.67 bits per heavy atom. The first-order valence-electron chi connectivity index (χ1n) is 10.9. The number of H-pyrrole nitrogens is 1. The average Bonchev–Trinajstić information content (AvgIpc) is 3.34. The first-order chi connectivity index (χ1) is 17.0. The van der Waals surface area contributed by atoms with Crippen LogP contribution in [0.2, 0.25) is 0 Å². The molecule has 0 aliphatic carbocycles. The molecule has 36 heavy (non-hydrogen) atoms. The number of imidazole rings is 1. The minimum atomic E-state index is -1.52. The second-order valence-corrected chi connectivity index (χ2v) is 8.49. The number of rotatable bonds is 13. The molecule has 2 rings (SSSR count). The maximum atomic E-state index is 13.1. The number of phenolic OH excluding ortho intramolecular Hbond substituents is 1. The van der Waals surface area contributed by atoms with Gasteiger partial charge in [-0.05, 0) is 24.6 Å². The highest BCUT2D eigenvalue weighted by molar-refractivity contribution is 7.80. The van der Waals surface area contributed by atoms with Crippen molar-refractivity contribution in [3.63, 3.8) is 0 Å². The van der Waals surface area contributed by atoms with Gasteiger partial charge in [0.15, 0.2) is 0 Å². The molecular weight excluding hydrogens is 492 g/mol. The first-order valence-corrected chi connectivity index (χ1v) is 11.6. The number of hydrogen-bond acceptors (Lipinski definition) is 9. The number of nitrogens with two attached hydrogens (primary N) is 1. The lowest BCUT2D eigenvalue weighted by Gasteiger charge is -2.26. The molecule has 1 aromatic heterocycles. The quantitative estimate of drug-likeness (QED) is 0.134. The molecule has 1 heterocycles. The molecular formula is C22H30N6O7S. The molecule has 0 radical (unpaired) electrons. The van der Waals surface area contributed by atoms with E-state index in [9.17, 15) is 29.4 Å². The number of nitrogens with one attached hydrogen (secondary N) is 4. The maximum Gasteiger partial charge on any atom is 0.327 e. The number of carboxylic acid groups (broad SMARTS) is 1. The van der Waals surface area contributed by atoms with E-state index in [1.807, 2.05) is 0 Å². The molecule has 0 saturated carbocycles. The Kier molecular flexibility index (Phi) is 10.7. The standard InChI is InChI=1S/C22H30N6O7S/c1-11(29)18(21(33)27-17(9-36)22(34)35)28-20(32)16(6-12-2-4-14(30)5-3-12)26-19(31)15(23)7-13-8-24-10-25-13/h2-5,8,10-11,15-18,29-30,36H,6-7,9,23H2,1H3,(H,24,25)(H,26,31)(H,27,33)(H,28,32)(H,34,35). The van der Waals surface area contributed by atoms with Crippen LogP contribution in [0.3, 0.4) is 0 Å². The zero-order chi connectivity index (χ0) is 26.8. The fourth-order valence-electron chi connectivity index (χ4n) is 3.19. The molecule has 0 bridgehead atoms. The van der Waals surface area contributed by atoms with Gasteiger partial charge in [0.2, 0.25) is 17.7 Å². The monoisotopic (exact) mass is 522 g/mol. The number of aromatic hydroxyl groups is 1. The third-order valence-corrected chi connectivity index (χ3v) is 5.57. The summed E-state index contributed by atoms with van der Waals surface area (Å²) in [6.45, 7) is 1.24. The number of nitrogens with zero attached hydrogens (tertiary/aromatic N) is 1. The normalized spacial score (nSPS) is 15.1. The lowest BCUT2D eigenvalue weighted by Crippen LogP contribution is -2.60. The summed E-state index contributed by atoms with van der Waals surface area (Å²) in [5, 5.41) is 35.9. The van der Waals surface area contributed by atoms with Crippen LogP contribution >= 0.6 is 12.6 Å². The molecule has 196 valence electrons. The van der Waals surface area contributed by atoms with E-state index in [0.29, 0.717) is 11.3 Å². The van der Waals surface area contributed by atoms with E-state index >= 15 is 0 Å². The van der Waals surface area contributed by atoms with E-state index in [1.165, 1.54) is 31.6 Å². The van der Waals surface area contributed by atoms with Crippen LogP contribution in [0.5, 0.6) is 5.75 Å². The van der Waals surface area contributed by atoms with Crippen LogP contribution in [-0.2, 0) is 32.0 Å². The van der Waals surface area contributed by atoms with Gasteiger partial charge in [-0.3, -0.25) is 14.4 Å². The Morgan fingerprint density at radius 1 is 1.03 bits per heavy atom. The van der Waals surface area contributed by atoms with Gasteiger partial charge in [-0.2, -0.15) is 12.6 Å². The summed E-state index contributed by atoms with van der Waals surface area (Å²) in [4.78, 5) is 56.4. The first kappa shape index (κ1) is 28.6. The highest BCUT2D eigenvalue weighted by atomic mass is 32.1. The number of phenols is 1. The zero-order valence-electron chi connectivity index (χ0n) is 19.4. The van der Waals surface area contributed by atoms with Gasteiger partial charge in [0, 0.05) is 30.5 Å². The van der Waals surface area contributed by atoms with Crippen LogP contribution in [0, 0.1) is 0 Å². The zero-order valence-corrected chi connectivity index (χ0v) is 20.3. The highest BCUT2D eigenvalue weighted by Gasteiger charge is 2.32. The van der Waals surface area contributed by atoms with Crippen LogP contribution < -0.4 is 21.7 Å². The summed E-state index contributed by atoms with van der Waals surface area (Å²) in [7, 11) is 0. The van der Waals surface area contributed by atoms with Crippen molar-refractivity contribution in [3.8, 4) is 5.75 Å². The van der Waals surface area contributed by atoms with Crippen LogP contribution in [0.15, 0.2) is 36.8 Å². The van der Waals surface area contributed by atoms with Gasteiger partial charge in [0.1, 0.15) is 23.9 Å².